The van der Waals surface area contributed by atoms with Gasteiger partial charge in [0.25, 0.3) is 0 Å². The van der Waals surface area contributed by atoms with Crippen molar-refractivity contribution < 1.29 is 9.13 Å². The van der Waals surface area contributed by atoms with Gasteiger partial charge in [-0.1, -0.05) is 12.1 Å². The van der Waals surface area contributed by atoms with E-state index in [1.165, 1.54) is 12.1 Å². The Morgan fingerprint density at radius 1 is 1.30 bits per heavy atom. The molecule has 3 nitrogen and oxygen atoms in total. The first-order valence-electron chi connectivity index (χ1n) is 6.27. The van der Waals surface area contributed by atoms with Crippen LogP contribution in [-0.4, -0.2) is 0 Å². The van der Waals surface area contributed by atoms with E-state index in [0.29, 0.717) is 23.5 Å². The number of benzene rings is 2. The molecule has 2 N–H and O–H groups in total. The highest BCUT2D eigenvalue weighted by Crippen LogP contribution is 2.25. The molecule has 0 aliphatic carbocycles. The zero-order valence-corrected chi connectivity index (χ0v) is 11.1. The molecule has 2 rings (SSSR count). The van der Waals surface area contributed by atoms with Crippen molar-refractivity contribution in [1.82, 2.24) is 0 Å². The van der Waals surface area contributed by atoms with Gasteiger partial charge in [0.05, 0.1) is 11.6 Å². The summed E-state index contributed by atoms with van der Waals surface area (Å²) in [5, 5.41) is 8.85. The van der Waals surface area contributed by atoms with Crippen LogP contribution in [0.2, 0.25) is 0 Å². The van der Waals surface area contributed by atoms with Crippen molar-refractivity contribution in [3.05, 3.63) is 65.0 Å². The molecule has 0 bridgehead atoms. The maximum atomic E-state index is 13.2. The Morgan fingerprint density at radius 2 is 2.10 bits per heavy atom. The van der Waals surface area contributed by atoms with Gasteiger partial charge >= 0.3 is 0 Å². The van der Waals surface area contributed by atoms with Gasteiger partial charge in [-0.3, -0.25) is 0 Å². The standard InChI is InChI=1S/C16H15FN2O/c1-11(19)15-8-14(17)5-6-16(15)20-10-13-4-2-3-12(7-13)9-18/h2-8,11H,10,19H2,1H3. The lowest BCUT2D eigenvalue weighted by atomic mass is 10.1. The van der Waals surface area contributed by atoms with Gasteiger partial charge in [0, 0.05) is 11.6 Å². The van der Waals surface area contributed by atoms with Crippen molar-refractivity contribution >= 4 is 0 Å². The van der Waals surface area contributed by atoms with E-state index in [2.05, 4.69) is 6.07 Å². The van der Waals surface area contributed by atoms with Gasteiger partial charge in [-0.2, -0.15) is 5.26 Å². The van der Waals surface area contributed by atoms with Crippen LogP contribution in [0.4, 0.5) is 4.39 Å². The van der Waals surface area contributed by atoms with Gasteiger partial charge in [-0.05, 0) is 42.8 Å². The van der Waals surface area contributed by atoms with Crippen LogP contribution in [0.25, 0.3) is 0 Å². The lowest BCUT2D eigenvalue weighted by Gasteiger charge is -2.14. The van der Waals surface area contributed by atoms with Crippen molar-refractivity contribution in [2.24, 2.45) is 5.73 Å². The van der Waals surface area contributed by atoms with E-state index in [0.717, 1.165) is 5.56 Å². The third-order valence-corrected chi connectivity index (χ3v) is 2.91. The minimum atomic E-state index is -0.337. The van der Waals surface area contributed by atoms with Crippen molar-refractivity contribution in [2.75, 3.05) is 0 Å². The molecule has 0 radical (unpaired) electrons. The van der Waals surface area contributed by atoms with Gasteiger partial charge in [0.15, 0.2) is 0 Å². The van der Waals surface area contributed by atoms with E-state index in [1.807, 2.05) is 6.07 Å². The summed E-state index contributed by atoms with van der Waals surface area (Å²) in [5.41, 5.74) is 7.89. The Morgan fingerprint density at radius 3 is 2.80 bits per heavy atom. The molecule has 0 saturated heterocycles. The lowest BCUT2D eigenvalue weighted by molar-refractivity contribution is 0.301. The fraction of sp³-hybridized carbons (Fsp3) is 0.188. The average molecular weight is 270 g/mol. The largest absolute Gasteiger partial charge is 0.489 e. The molecule has 102 valence electrons. The predicted octanol–water partition coefficient (Wildman–Crippen LogP) is 3.30. The fourth-order valence-electron chi connectivity index (χ4n) is 1.90. The molecular formula is C16H15FN2O. The number of hydrogen-bond donors (Lipinski definition) is 1. The van der Waals surface area contributed by atoms with Crippen molar-refractivity contribution in [1.29, 1.82) is 5.26 Å². The number of halogens is 1. The van der Waals surface area contributed by atoms with Gasteiger partial charge in [0.2, 0.25) is 0 Å². The highest BCUT2D eigenvalue weighted by molar-refractivity contribution is 5.37. The third kappa shape index (κ3) is 3.34. The third-order valence-electron chi connectivity index (χ3n) is 2.91. The molecule has 0 fully saturated rings. The zero-order valence-electron chi connectivity index (χ0n) is 11.1. The smallest absolute Gasteiger partial charge is 0.124 e. The molecule has 2 aromatic rings. The second-order valence-corrected chi connectivity index (χ2v) is 4.57. The van der Waals surface area contributed by atoms with E-state index in [9.17, 15) is 4.39 Å². The summed E-state index contributed by atoms with van der Waals surface area (Å²) in [6, 6.07) is 13.2. The van der Waals surface area contributed by atoms with Crippen molar-refractivity contribution in [2.45, 2.75) is 19.6 Å². The quantitative estimate of drug-likeness (QED) is 0.927. The second kappa shape index (κ2) is 6.18. The molecular weight excluding hydrogens is 255 g/mol. The molecule has 0 saturated carbocycles. The molecule has 0 aliphatic rings. The highest BCUT2D eigenvalue weighted by Gasteiger charge is 2.10. The Labute approximate surface area is 117 Å². The predicted molar refractivity (Wildman–Crippen MR) is 74.5 cm³/mol. The Hall–Kier alpha value is -2.38. The van der Waals surface area contributed by atoms with E-state index >= 15 is 0 Å². The topological polar surface area (TPSA) is 59.0 Å². The first-order valence-corrected chi connectivity index (χ1v) is 6.27. The Kier molecular flexibility index (Phi) is 4.34. The number of nitriles is 1. The normalized spacial score (nSPS) is 11.7. The van der Waals surface area contributed by atoms with Crippen LogP contribution in [-0.2, 0) is 6.61 Å². The van der Waals surface area contributed by atoms with E-state index in [-0.39, 0.29) is 11.9 Å². The summed E-state index contributed by atoms with van der Waals surface area (Å²) in [6.45, 7) is 2.08. The van der Waals surface area contributed by atoms with Crippen molar-refractivity contribution in [3.63, 3.8) is 0 Å². The lowest BCUT2D eigenvalue weighted by Crippen LogP contribution is -2.08. The van der Waals surface area contributed by atoms with Crippen LogP contribution in [0.15, 0.2) is 42.5 Å². The fourth-order valence-corrected chi connectivity index (χ4v) is 1.90. The summed E-state index contributed by atoms with van der Waals surface area (Å²) in [6.07, 6.45) is 0. The zero-order chi connectivity index (χ0) is 14.5. The molecule has 4 heteroatoms. The van der Waals surface area contributed by atoms with Crippen LogP contribution in [0.5, 0.6) is 5.75 Å². The van der Waals surface area contributed by atoms with Crippen molar-refractivity contribution in [3.8, 4) is 11.8 Å². The summed E-state index contributed by atoms with van der Waals surface area (Å²) < 4.78 is 18.9. The summed E-state index contributed by atoms with van der Waals surface area (Å²) >= 11 is 0. The van der Waals surface area contributed by atoms with Crippen LogP contribution in [0, 0.1) is 17.1 Å². The monoisotopic (exact) mass is 270 g/mol. The second-order valence-electron chi connectivity index (χ2n) is 4.57. The molecule has 0 spiro atoms. The van der Waals surface area contributed by atoms with Gasteiger partial charge in [0.1, 0.15) is 18.2 Å². The minimum Gasteiger partial charge on any atom is -0.489 e. The number of nitrogens with two attached hydrogens (primary N) is 1. The van der Waals surface area contributed by atoms with Crippen LogP contribution >= 0.6 is 0 Å². The summed E-state index contributed by atoms with van der Waals surface area (Å²) in [5.74, 6) is 0.222. The molecule has 2 aromatic carbocycles. The van der Waals surface area contributed by atoms with Gasteiger partial charge in [-0.15, -0.1) is 0 Å². The summed E-state index contributed by atoms with van der Waals surface area (Å²) in [7, 11) is 0. The SMILES string of the molecule is CC(N)c1cc(F)ccc1OCc1cccc(C#N)c1. The van der Waals surface area contributed by atoms with Gasteiger partial charge < -0.3 is 10.5 Å². The van der Waals surface area contributed by atoms with E-state index in [4.69, 9.17) is 15.7 Å². The molecule has 1 atom stereocenters. The first kappa shape index (κ1) is 14.0. The number of ether oxygens (including phenoxy) is 1. The summed E-state index contributed by atoms with van der Waals surface area (Å²) in [4.78, 5) is 0. The minimum absolute atomic E-state index is 0.306. The van der Waals surface area contributed by atoms with Crippen LogP contribution in [0.1, 0.15) is 29.7 Å². The molecule has 0 aliphatic heterocycles. The maximum absolute atomic E-state index is 13.2. The maximum Gasteiger partial charge on any atom is 0.124 e. The number of nitrogens with zero attached hydrogens (tertiary/aromatic N) is 1. The number of rotatable bonds is 4. The molecule has 0 aromatic heterocycles. The Bertz CT molecular complexity index is 647. The molecule has 1 unspecified atom stereocenters. The Balaban J connectivity index is 2.16. The van der Waals surface area contributed by atoms with Crippen LogP contribution in [0.3, 0.4) is 0 Å². The molecule has 20 heavy (non-hydrogen) atoms. The molecule has 0 amide bonds. The van der Waals surface area contributed by atoms with E-state index in [1.54, 1.807) is 31.2 Å². The highest BCUT2D eigenvalue weighted by atomic mass is 19.1. The van der Waals surface area contributed by atoms with Gasteiger partial charge in [-0.25, -0.2) is 4.39 Å². The first-order chi connectivity index (χ1) is 9.60. The van der Waals surface area contributed by atoms with Crippen LogP contribution < -0.4 is 10.5 Å². The average Bonchev–Trinajstić information content (AvgIpc) is 2.46. The molecule has 0 heterocycles. The van der Waals surface area contributed by atoms with E-state index < -0.39 is 0 Å². The number of hydrogen-bond acceptors (Lipinski definition) is 3.